The first kappa shape index (κ1) is 13.3. The molecule has 0 unspecified atom stereocenters. The summed E-state index contributed by atoms with van der Waals surface area (Å²) in [6.45, 7) is 4.20. The molecule has 1 fully saturated rings. The van der Waals surface area contributed by atoms with Gasteiger partial charge in [0.1, 0.15) is 5.02 Å². The third kappa shape index (κ3) is 3.69. The number of piperidine rings is 1. The second-order valence-corrected chi connectivity index (χ2v) is 4.77. The van der Waals surface area contributed by atoms with Crippen molar-refractivity contribution in [2.45, 2.75) is 19.3 Å². The molecule has 1 aliphatic heterocycles. The highest BCUT2D eigenvalue weighted by molar-refractivity contribution is 6.32. The van der Waals surface area contributed by atoms with E-state index >= 15 is 0 Å². The van der Waals surface area contributed by atoms with Crippen molar-refractivity contribution in [3.05, 3.63) is 11.2 Å². The van der Waals surface area contributed by atoms with Gasteiger partial charge in [0, 0.05) is 13.1 Å². The van der Waals surface area contributed by atoms with Crippen LogP contribution in [-0.4, -0.2) is 41.0 Å². The number of aromatic nitrogens is 2. The number of nitrogens with two attached hydrogens (primary N) is 1. The number of anilines is 2. The van der Waals surface area contributed by atoms with Crippen LogP contribution in [0.5, 0.6) is 0 Å². The van der Waals surface area contributed by atoms with Gasteiger partial charge in [0.25, 0.3) is 0 Å². The van der Waals surface area contributed by atoms with Gasteiger partial charge in [0.15, 0.2) is 5.82 Å². The monoisotopic (exact) mass is 270 g/mol. The summed E-state index contributed by atoms with van der Waals surface area (Å²) in [5, 5.41) is 3.72. The van der Waals surface area contributed by atoms with E-state index in [2.05, 4.69) is 25.6 Å². The third-order valence-corrected chi connectivity index (χ3v) is 3.32. The van der Waals surface area contributed by atoms with Gasteiger partial charge in [-0.25, -0.2) is 10.8 Å². The fraction of sp³-hybridized carbons (Fsp3) is 0.636. The zero-order valence-corrected chi connectivity index (χ0v) is 11.1. The van der Waals surface area contributed by atoms with Gasteiger partial charge in [-0.1, -0.05) is 18.0 Å². The van der Waals surface area contributed by atoms with Gasteiger partial charge in [-0.2, -0.15) is 4.98 Å². The van der Waals surface area contributed by atoms with Crippen molar-refractivity contribution in [1.29, 1.82) is 0 Å². The van der Waals surface area contributed by atoms with E-state index in [1.54, 1.807) is 0 Å². The molecule has 0 radical (unpaired) electrons. The lowest BCUT2D eigenvalue weighted by Crippen LogP contribution is -2.33. The Kier molecular flexibility index (Phi) is 4.98. The average Bonchev–Trinajstić information content (AvgIpc) is 2.42. The summed E-state index contributed by atoms with van der Waals surface area (Å²) in [6.07, 6.45) is 5.49. The number of hydrogen-bond donors (Lipinski definition) is 3. The van der Waals surface area contributed by atoms with Crippen molar-refractivity contribution in [1.82, 2.24) is 14.9 Å². The number of halogens is 1. The molecule has 0 spiro atoms. The molecule has 0 saturated carbocycles. The molecular formula is C11H19ClN6. The lowest BCUT2D eigenvalue weighted by molar-refractivity contribution is 0.237. The van der Waals surface area contributed by atoms with Gasteiger partial charge in [-0.3, -0.25) is 5.43 Å². The highest BCUT2D eigenvalue weighted by atomic mass is 35.5. The summed E-state index contributed by atoms with van der Waals surface area (Å²) >= 11 is 6.01. The van der Waals surface area contributed by atoms with Gasteiger partial charge in [-0.15, -0.1) is 0 Å². The van der Waals surface area contributed by atoms with Gasteiger partial charge >= 0.3 is 0 Å². The van der Waals surface area contributed by atoms with Crippen LogP contribution in [0.25, 0.3) is 0 Å². The second-order valence-electron chi connectivity index (χ2n) is 4.36. The smallest absolute Gasteiger partial charge is 0.239 e. The van der Waals surface area contributed by atoms with Crippen molar-refractivity contribution in [2.75, 3.05) is 36.9 Å². The minimum Gasteiger partial charge on any atom is -0.367 e. The van der Waals surface area contributed by atoms with Crippen LogP contribution in [0.15, 0.2) is 6.20 Å². The van der Waals surface area contributed by atoms with Crippen LogP contribution < -0.4 is 16.6 Å². The van der Waals surface area contributed by atoms with Crippen LogP contribution in [0.1, 0.15) is 19.3 Å². The van der Waals surface area contributed by atoms with Gasteiger partial charge in [0.2, 0.25) is 5.95 Å². The van der Waals surface area contributed by atoms with E-state index in [0.29, 0.717) is 16.8 Å². The number of hydrazine groups is 1. The van der Waals surface area contributed by atoms with E-state index in [1.165, 1.54) is 38.5 Å². The Morgan fingerprint density at radius 3 is 2.83 bits per heavy atom. The molecule has 1 aliphatic rings. The summed E-state index contributed by atoms with van der Waals surface area (Å²) < 4.78 is 0. The third-order valence-electron chi connectivity index (χ3n) is 3.04. The Hall–Kier alpha value is -1.11. The number of rotatable bonds is 5. The standard InChI is InChI=1S/C11H19ClN6/c12-9-8-15-11(17-13)16-10(9)14-4-7-18-5-2-1-3-6-18/h8H,1-7,13H2,(H2,14,15,16,17). The first-order valence-corrected chi connectivity index (χ1v) is 6.63. The molecule has 0 bridgehead atoms. The number of likely N-dealkylation sites (tertiary alicyclic amines) is 1. The van der Waals surface area contributed by atoms with E-state index in [9.17, 15) is 0 Å². The topological polar surface area (TPSA) is 79.1 Å². The molecular weight excluding hydrogens is 252 g/mol. The molecule has 100 valence electrons. The van der Waals surface area contributed by atoms with E-state index in [4.69, 9.17) is 17.4 Å². The fourth-order valence-electron chi connectivity index (χ4n) is 2.08. The van der Waals surface area contributed by atoms with Gasteiger partial charge in [-0.05, 0) is 25.9 Å². The summed E-state index contributed by atoms with van der Waals surface area (Å²) in [4.78, 5) is 10.5. The van der Waals surface area contributed by atoms with E-state index in [0.717, 1.165) is 13.1 Å². The summed E-state index contributed by atoms with van der Waals surface area (Å²) in [6, 6.07) is 0. The number of hydrogen-bond acceptors (Lipinski definition) is 6. The van der Waals surface area contributed by atoms with Crippen LogP contribution in [0, 0.1) is 0 Å². The van der Waals surface area contributed by atoms with Crippen LogP contribution >= 0.6 is 11.6 Å². The predicted octanol–water partition coefficient (Wildman–Crippen LogP) is 1.31. The molecule has 1 aromatic rings. The Labute approximate surface area is 112 Å². The molecule has 0 atom stereocenters. The maximum atomic E-state index is 6.01. The quantitative estimate of drug-likeness (QED) is 0.553. The maximum absolute atomic E-state index is 6.01. The molecule has 1 saturated heterocycles. The van der Waals surface area contributed by atoms with Crippen molar-refractivity contribution in [3.8, 4) is 0 Å². The van der Waals surface area contributed by atoms with Crippen LogP contribution in [-0.2, 0) is 0 Å². The Morgan fingerprint density at radius 2 is 2.11 bits per heavy atom. The first-order chi connectivity index (χ1) is 8.79. The summed E-state index contributed by atoms with van der Waals surface area (Å²) in [5.41, 5.74) is 2.40. The lowest BCUT2D eigenvalue weighted by atomic mass is 10.1. The molecule has 6 nitrogen and oxygen atoms in total. The molecule has 18 heavy (non-hydrogen) atoms. The highest BCUT2D eigenvalue weighted by Gasteiger charge is 2.10. The Morgan fingerprint density at radius 1 is 1.33 bits per heavy atom. The minimum atomic E-state index is 0.361. The molecule has 0 amide bonds. The fourth-order valence-corrected chi connectivity index (χ4v) is 2.23. The van der Waals surface area contributed by atoms with Crippen molar-refractivity contribution < 1.29 is 0 Å². The van der Waals surface area contributed by atoms with Crippen LogP contribution in [0.4, 0.5) is 11.8 Å². The first-order valence-electron chi connectivity index (χ1n) is 6.25. The number of nitrogens with one attached hydrogen (secondary N) is 2. The van der Waals surface area contributed by atoms with Gasteiger partial charge in [0.05, 0.1) is 6.20 Å². The molecule has 1 aromatic heterocycles. The van der Waals surface area contributed by atoms with E-state index in [-0.39, 0.29) is 0 Å². The predicted molar refractivity (Wildman–Crippen MR) is 73.6 cm³/mol. The zero-order chi connectivity index (χ0) is 12.8. The molecule has 0 aromatic carbocycles. The zero-order valence-electron chi connectivity index (χ0n) is 10.3. The van der Waals surface area contributed by atoms with Crippen LogP contribution in [0.2, 0.25) is 5.02 Å². The van der Waals surface area contributed by atoms with E-state index in [1.807, 2.05) is 0 Å². The maximum Gasteiger partial charge on any atom is 0.239 e. The molecule has 7 heteroatoms. The van der Waals surface area contributed by atoms with Crippen molar-refractivity contribution >= 4 is 23.4 Å². The van der Waals surface area contributed by atoms with Crippen LogP contribution in [0.3, 0.4) is 0 Å². The van der Waals surface area contributed by atoms with Crippen molar-refractivity contribution in [2.24, 2.45) is 5.84 Å². The summed E-state index contributed by atoms with van der Waals surface area (Å²) in [5.74, 6) is 6.24. The second kappa shape index (κ2) is 6.72. The summed E-state index contributed by atoms with van der Waals surface area (Å²) in [7, 11) is 0. The molecule has 2 rings (SSSR count). The van der Waals surface area contributed by atoms with E-state index < -0.39 is 0 Å². The van der Waals surface area contributed by atoms with Crippen molar-refractivity contribution in [3.63, 3.8) is 0 Å². The average molecular weight is 271 g/mol. The molecule has 2 heterocycles. The minimum absolute atomic E-state index is 0.361. The Bertz CT molecular complexity index is 380. The van der Waals surface area contributed by atoms with Gasteiger partial charge < -0.3 is 10.2 Å². The Balaban J connectivity index is 1.81. The number of nitrogen functional groups attached to an aromatic ring is 1. The SMILES string of the molecule is NNc1ncc(Cl)c(NCCN2CCCCC2)n1. The highest BCUT2D eigenvalue weighted by Crippen LogP contribution is 2.18. The molecule has 4 N–H and O–H groups in total. The normalized spacial score (nSPS) is 16.6. The number of nitrogens with zero attached hydrogens (tertiary/aromatic N) is 3. The molecule has 0 aliphatic carbocycles. The lowest BCUT2D eigenvalue weighted by Gasteiger charge is -2.26. The largest absolute Gasteiger partial charge is 0.367 e.